The van der Waals surface area contributed by atoms with Gasteiger partial charge in [-0.05, 0) is 127 Å². The largest absolute Gasteiger partial charge is 0.310 e. The van der Waals surface area contributed by atoms with Gasteiger partial charge in [-0.1, -0.05) is 102 Å². The quantitative estimate of drug-likeness (QED) is 0.126. The summed E-state index contributed by atoms with van der Waals surface area (Å²) in [4.78, 5) is 2.49. The summed E-state index contributed by atoms with van der Waals surface area (Å²) in [5.41, 5.74) is 11.0. The Morgan fingerprint density at radius 1 is 0.439 bits per heavy atom. The van der Waals surface area contributed by atoms with E-state index in [-0.39, 0.29) is 0 Å². The summed E-state index contributed by atoms with van der Waals surface area (Å²) >= 11 is 0. The van der Waals surface area contributed by atoms with E-state index in [4.69, 9.17) is 0 Å². The smallest absolute Gasteiger partial charge is 0.0468 e. The molecule has 0 aromatic heterocycles. The lowest BCUT2D eigenvalue weighted by atomic mass is 9.98. The molecule has 0 heterocycles. The van der Waals surface area contributed by atoms with E-state index in [9.17, 15) is 0 Å². The van der Waals surface area contributed by atoms with Crippen LogP contribution in [-0.2, 0) is 19.3 Å². The molecule has 4 aromatic rings. The van der Waals surface area contributed by atoms with E-state index in [1.54, 1.807) is 0 Å². The fraction of sp³-hybridized carbons (Fsp3) is 0.450. The molecular formula is C40H53N. The highest BCUT2D eigenvalue weighted by molar-refractivity contribution is 5.89. The topological polar surface area (TPSA) is 3.24 Å². The van der Waals surface area contributed by atoms with Crippen LogP contribution in [-0.4, -0.2) is 0 Å². The van der Waals surface area contributed by atoms with Gasteiger partial charge < -0.3 is 4.90 Å². The second-order valence-electron chi connectivity index (χ2n) is 12.1. The summed E-state index contributed by atoms with van der Waals surface area (Å²) in [5, 5.41) is 2.65. The second kappa shape index (κ2) is 15.8. The van der Waals surface area contributed by atoms with Crippen molar-refractivity contribution in [2.45, 2.75) is 118 Å². The first-order valence-corrected chi connectivity index (χ1v) is 16.6. The summed E-state index contributed by atoms with van der Waals surface area (Å²) in [7, 11) is 0. The molecule has 4 rings (SSSR count). The van der Waals surface area contributed by atoms with Crippen molar-refractivity contribution in [3.63, 3.8) is 0 Å². The molecule has 41 heavy (non-hydrogen) atoms. The van der Waals surface area contributed by atoms with Crippen LogP contribution < -0.4 is 4.90 Å². The van der Waals surface area contributed by atoms with Crippen LogP contribution in [0.5, 0.6) is 0 Å². The number of nitrogens with zero attached hydrogens (tertiary/aromatic N) is 1. The van der Waals surface area contributed by atoms with Crippen molar-refractivity contribution < 1.29 is 0 Å². The molecule has 0 spiro atoms. The van der Waals surface area contributed by atoms with Crippen LogP contribution in [0.4, 0.5) is 17.1 Å². The van der Waals surface area contributed by atoms with E-state index in [0.29, 0.717) is 0 Å². The van der Waals surface area contributed by atoms with Crippen LogP contribution in [0.2, 0.25) is 0 Å². The first-order chi connectivity index (χ1) is 20.0. The van der Waals surface area contributed by atoms with Gasteiger partial charge in [0.05, 0.1) is 0 Å². The Hall–Kier alpha value is -3.06. The number of fused-ring (bicyclic) bond motifs is 1. The molecule has 0 aliphatic rings. The van der Waals surface area contributed by atoms with Crippen LogP contribution in [0.3, 0.4) is 0 Å². The minimum absolute atomic E-state index is 1.16. The van der Waals surface area contributed by atoms with Gasteiger partial charge in [0.1, 0.15) is 0 Å². The zero-order valence-electron chi connectivity index (χ0n) is 26.6. The highest BCUT2D eigenvalue weighted by atomic mass is 15.1. The van der Waals surface area contributed by atoms with Gasteiger partial charge in [0.25, 0.3) is 0 Å². The number of rotatable bonds is 16. The van der Waals surface area contributed by atoms with Gasteiger partial charge in [0.2, 0.25) is 0 Å². The average molecular weight is 548 g/mol. The molecule has 0 amide bonds. The van der Waals surface area contributed by atoms with Gasteiger partial charge in [-0.15, -0.1) is 0 Å². The molecule has 0 radical (unpaired) electrons. The van der Waals surface area contributed by atoms with Crippen LogP contribution in [0.15, 0.2) is 72.8 Å². The molecule has 0 aliphatic heterocycles. The number of aryl methyl sites for hydroxylation is 5. The molecular weight excluding hydrogens is 494 g/mol. The standard InChI is InChI=1S/C40H53N/c1-6-9-12-14-17-34-28-38(24-19-31(34)4)41(39-25-20-32(5)35(29-39)18-15-13-10-7-2)40-26-23-36-27-33(16-11-8-3)21-22-37(36)30-40/h19-30H,6-18H2,1-5H3. The van der Waals surface area contributed by atoms with E-state index in [1.807, 2.05) is 0 Å². The van der Waals surface area contributed by atoms with Crippen LogP contribution in [0.1, 0.15) is 113 Å². The minimum Gasteiger partial charge on any atom is -0.310 e. The first kappa shape index (κ1) is 30.9. The zero-order valence-corrected chi connectivity index (χ0v) is 26.6. The summed E-state index contributed by atoms with van der Waals surface area (Å²) in [5.74, 6) is 0. The lowest BCUT2D eigenvalue weighted by Crippen LogP contribution is -2.11. The number of hydrogen-bond donors (Lipinski definition) is 0. The molecule has 0 saturated carbocycles. The number of benzene rings is 4. The van der Waals surface area contributed by atoms with Crippen molar-refractivity contribution in [2.75, 3.05) is 4.90 Å². The SMILES string of the molecule is CCCCCCc1cc(N(c2ccc(C)c(CCCCCC)c2)c2ccc3cc(CCCC)ccc3c2)ccc1C. The third-order valence-electron chi connectivity index (χ3n) is 8.75. The minimum atomic E-state index is 1.16. The fourth-order valence-corrected chi connectivity index (χ4v) is 6.02. The summed E-state index contributed by atoms with van der Waals surface area (Å²) in [6.07, 6.45) is 16.3. The molecule has 0 bridgehead atoms. The van der Waals surface area contributed by atoms with Gasteiger partial charge in [-0.2, -0.15) is 0 Å². The molecule has 1 heteroatoms. The molecule has 0 aliphatic carbocycles. The lowest BCUT2D eigenvalue weighted by molar-refractivity contribution is 0.665. The van der Waals surface area contributed by atoms with Crippen LogP contribution in [0.25, 0.3) is 10.8 Å². The summed E-state index contributed by atoms with van der Waals surface area (Å²) in [6, 6.07) is 28.3. The maximum Gasteiger partial charge on any atom is 0.0468 e. The van der Waals surface area contributed by atoms with E-state index < -0.39 is 0 Å². The highest BCUT2D eigenvalue weighted by Gasteiger charge is 2.16. The van der Waals surface area contributed by atoms with Crippen molar-refractivity contribution in [3.05, 3.63) is 101 Å². The molecule has 0 atom stereocenters. The van der Waals surface area contributed by atoms with E-state index in [2.05, 4.69) is 112 Å². The molecule has 218 valence electrons. The number of hydrogen-bond acceptors (Lipinski definition) is 1. The van der Waals surface area contributed by atoms with Crippen molar-refractivity contribution in [1.82, 2.24) is 0 Å². The monoisotopic (exact) mass is 547 g/mol. The molecule has 0 N–H and O–H groups in total. The summed E-state index contributed by atoms with van der Waals surface area (Å²) in [6.45, 7) is 11.4. The zero-order chi connectivity index (χ0) is 29.0. The van der Waals surface area contributed by atoms with Gasteiger partial charge in [-0.3, -0.25) is 0 Å². The third-order valence-corrected chi connectivity index (χ3v) is 8.75. The summed E-state index contributed by atoms with van der Waals surface area (Å²) < 4.78 is 0. The molecule has 4 aromatic carbocycles. The normalized spacial score (nSPS) is 11.3. The first-order valence-electron chi connectivity index (χ1n) is 16.6. The van der Waals surface area contributed by atoms with Crippen molar-refractivity contribution >= 4 is 27.8 Å². The Bertz CT molecular complexity index is 1320. The fourth-order valence-electron chi connectivity index (χ4n) is 6.02. The Morgan fingerprint density at radius 2 is 0.927 bits per heavy atom. The maximum absolute atomic E-state index is 2.49. The van der Waals surface area contributed by atoms with Gasteiger partial charge >= 0.3 is 0 Å². The predicted octanol–water partition coefficient (Wildman–Crippen LogP) is 12.5. The van der Waals surface area contributed by atoms with Crippen LogP contribution in [0, 0.1) is 13.8 Å². The van der Waals surface area contributed by atoms with E-state index in [0.717, 1.165) is 19.3 Å². The Morgan fingerprint density at radius 3 is 1.49 bits per heavy atom. The van der Waals surface area contributed by atoms with Crippen molar-refractivity contribution in [1.29, 1.82) is 0 Å². The molecule has 1 nitrogen and oxygen atoms in total. The Labute approximate surface area is 251 Å². The van der Waals surface area contributed by atoms with Crippen molar-refractivity contribution in [2.24, 2.45) is 0 Å². The third kappa shape index (κ3) is 8.48. The predicted molar refractivity (Wildman–Crippen MR) is 182 cm³/mol. The molecule has 0 saturated heterocycles. The number of anilines is 3. The van der Waals surface area contributed by atoms with E-state index in [1.165, 1.54) is 120 Å². The van der Waals surface area contributed by atoms with Gasteiger partial charge in [0.15, 0.2) is 0 Å². The van der Waals surface area contributed by atoms with E-state index >= 15 is 0 Å². The molecule has 0 fully saturated rings. The average Bonchev–Trinajstić information content (AvgIpc) is 2.99. The highest BCUT2D eigenvalue weighted by Crippen LogP contribution is 2.38. The Kier molecular flexibility index (Phi) is 11.9. The second-order valence-corrected chi connectivity index (χ2v) is 12.1. The lowest BCUT2D eigenvalue weighted by Gasteiger charge is -2.28. The molecule has 0 unspecified atom stereocenters. The van der Waals surface area contributed by atoms with Gasteiger partial charge in [0, 0.05) is 17.1 Å². The van der Waals surface area contributed by atoms with Gasteiger partial charge in [-0.25, -0.2) is 0 Å². The maximum atomic E-state index is 2.49. The number of unbranched alkanes of at least 4 members (excludes halogenated alkanes) is 7. The van der Waals surface area contributed by atoms with Crippen molar-refractivity contribution in [3.8, 4) is 0 Å². The van der Waals surface area contributed by atoms with Crippen LogP contribution >= 0.6 is 0 Å². The Balaban J connectivity index is 1.74.